The Morgan fingerprint density at radius 1 is 1.39 bits per heavy atom. The number of carbonyl (C=O) groups is 1. The minimum atomic E-state index is -0.0896. The summed E-state index contributed by atoms with van der Waals surface area (Å²) in [5, 5.41) is 4.85. The molecule has 0 unspecified atom stereocenters. The highest BCUT2D eigenvalue weighted by atomic mass is 32.1. The lowest BCUT2D eigenvalue weighted by atomic mass is 10.2. The van der Waals surface area contributed by atoms with Crippen molar-refractivity contribution in [2.75, 3.05) is 11.9 Å². The van der Waals surface area contributed by atoms with E-state index in [-0.39, 0.29) is 5.91 Å². The van der Waals surface area contributed by atoms with Gasteiger partial charge in [0.2, 0.25) is 5.91 Å². The molecule has 0 aliphatic heterocycles. The van der Waals surface area contributed by atoms with Crippen molar-refractivity contribution in [3.8, 4) is 5.75 Å². The van der Waals surface area contributed by atoms with Crippen LogP contribution in [-0.4, -0.2) is 22.5 Å². The first-order chi connectivity index (χ1) is 11.0. The van der Waals surface area contributed by atoms with Gasteiger partial charge >= 0.3 is 0 Å². The van der Waals surface area contributed by atoms with E-state index in [2.05, 4.69) is 15.3 Å². The van der Waals surface area contributed by atoms with E-state index in [1.54, 1.807) is 17.5 Å². The van der Waals surface area contributed by atoms with Gasteiger partial charge in [0.25, 0.3) is 0 Å². The molecule has 2 N–H and O–H groups in total. The summed E-state index contributed by atoms with van der Waals surface area (Å²) in [5.74, 6) is 0.704. The van der Waals surface area contributed by atoms with Gasteiger partial charge in [0.15, 0.2) is 0 Å². The van der Waals surface area contributed by atoms with Crippen molar-refractivity contribution in [2.24, 2.45) is 0 Å². The zero-order valence-electron chi connectivity index (χ0n) is 13.4. The van der Waals surface area contributed by atoms with Crippen molar-refractivity contribution >= 4 is 33.8 Å². The Morgan fingerprint density at radius 3 is 2.91 bits per heavy atom. The number of rotatable bonds is 5. The molecule has 23 heavy (non-hydrogen) atoms. The Labute approximate surface area is 138 Å². The first kappa shape index (κ1) is 15.6. The zero-order chi connectivity index (χ0) is 16.4. The van der Waals surface area contributed by atoms with E-state index >= 15 is 0 Å². The minimum Gasteiger partial charge on any atom is -0.493 e. The summed E-state index contributed by atoms with van der Waals surface area (Å²) in [4.78, 5) is 20.1. The average Bonchev–Trinajstić information content (AvgIpc) is 3.02. The number of fused-ring (bicyclic) bond motifs is 1. The fourth-order valence-electron chi connectivity index (χ4n) is 2.55. The maximum absolute atomic E-state index is 11.2. The quantitative estimate of drug-likeness (QED) is 0.748. The van der Waals surface area contributed by atoms with Gasteiger partial charge in [0, 0.05) is 35.3 Å². The number of nitrogens with zero attached hydrogens (tertiary/aromatic N) is 1. The van der Waals surface area contributed by atoms with E-state index in [1.807, 2.05) is 32.0 Å². The summed E-state index contributed by atoms with van der Waals surface area (Å²) in [6.45, 7) is 6.16. The Morgan fingerprint density at radius 2 is 2.22 bits per heavy atom. The molecule has 2 aromatic heterocycles. The van der Waals surface area contributed by atoms with E-state index in [1.165, 1.54) is 11.8 Å². The smallest absolute Gasteiger partial charge is 0.221 e. The van der Waals surface area contributed by atoms with E-state index in [0.717, 1.165) is 39.5 Å². The van der Waals surface area contributed by atoms with Gasteiger partial charge in [-0.25, -0.2) is 4.98 Å². The summed E-state index contributed by atoms with van der Waals surface area (Å²) in [6.07, 6.45) is 2.64. The number of nitrogens with one attached hydrogen (secondary N) is 2. The van der Waals surface area contributed by atoms with Crippen LogP contribution in [0.3, 0.4) is 0 Å². The topological polar surface area (TPSA) is 67.0 Å². The largest absolute Gasteiger partial charge is 0.493 e. The number of aryl methyl sites for hydroxylation is 2. The van der Waals surface area contributed by atoms with Gasteiger partial charge in [-0.1, -0.05) is 0 Å². The van der Waals surface area contributed by atoms with Crippen LogP contribution in [-0.2, 0) is 11.2 Å². The maximum Gasteiger partial charge on any atom is 0.221 e. The molecule has 0 spiro atoms. The molecule has 0 saturated heterocycles. The van der Waals surface area contributed by atoms with Crippen molar-refractivity contribution in [3.05, 3.63) is 40.0 Å². The van der Waals surface area contributed by atoms with Crippen LogP contribution in [0.1, 0.15) is 22.5 Å². The van der Waals surface area contributed by atoms with E-state index in [9.17, 15) is 4.79 Å². The number of carbonyl (C=O) groups excluding carboxylic acids is 1. The van der Waals surface area contributed by atoms with E-state index in [4.69, 9.17) is 4.74 Å². The molecule has 6 heteroatoms. The van der Waals surface area contributed by atoms with Gasteiger partial charge in [0.1, 0.15) is 5.75 Å². The Bertz CT molecular complexity index is 851. The van der Waals surface area contributed by atoms with Gasteiger partial charge in [-0.3, -0.25) is 4.79 Å². The number of thiazole rings is 1. The predicted molar refractivity (Wildman–Crippen MR) is 93.4 cm³/mol. The van der Waals surface area contributed by atoms with Gasteiger partial charge < -0.3 is 15.0 Å². The molecular weight excluding hydrogens is 310 g/mol. The molecule has 3 aromatic rings. The van der Waals surface area contributed by atoms with Crippen LogP contribution in [0, 0.1) is 13.8 Å². The average molecular weight is 329 g/mol. The Balaban J connectivity index is 1.70. The number of benzene rings is 1. The molecular formula is C17H19N3O2S. The monoisotopic (exact) mass is 329 g/mol. The summed E-state index contributed by atoms with van der Waals surface area (Å²) < 4.78 is 5.86. The van der Waals surface area contributed by atoms with Gasteiger partial charge in [-0.05, 0) is 32.0 Å². The second kappa shape index (κ2) is 6.42. The molecule has 0 aliphatic carbocycles. The first-order valence-electron chi connectivity index (χ1n) is 7.47. The number of H-pyrrole nitrogens is 1. The number of aromatic nitrogens is 2. The lowest BCUT2D eigenvalue weighted by Gasteiger charge is -2.06. The molecule has 3 rings (SSSR count). The van der Waals surface area contributed by atoms with Crippen LogP contribution in [0.5, 0.6) is 5.75 Å². The minimum absolute atomic E-state index is 0.0896. The van der Waals surface area contributed by atoms with Crippen LogP contribution in [0.25, 0.3) is 10.9 Å². The van der Waals surface area contributed by atoms with Crippen molar-refractivity contribution in [2.45, 2.75) is 27.2 Å². The molecule has 0 aliphatic rings. The second-order valence-corrected chi connectivity index (χ2v) is 6.72. The van der Waals surface area contributed by atoms with Crippen molar-refractivity contribution < 1.29 is 9.53 Å². The van der Waals surface area contributed by atoms with Gasteiger partial charge in [-0.15, -0.1) is 11.3 Å². The Kier molecular flexibility index (Phi) is 4.34. The lowest BCUT2D eigenvalue weighted by Crippen LogP contribution is -2.05. The number of hydrogen-bond acceptors (Lipinski definition) is 4. The van der Waals surface area contributed by atoms with Crippen molar-refractivity contribution in [3.63, 3.8) is 0 Å². The molecule has 1 amide bonds. The number of hydrogen-bond donors (Lipinski definition) is 2. The molecule has 0 saturated carbocycles. The fraction of sp³-hybridized carbons (Fsp3) is 0.294. The van der Waals surface area contributed by atoms with Crippen molar-refractivity contribution in [1.82, 2.24) is 9.97 Å². The third-order valence-electron chi connectivity index (χ3n) is 3.56. The third-order valence-corrected chi connectivity index (χ3v) is 4.69. The number of amides is 1. The summed E-state index contributed by atoms with van der Waals surface area (Å²) >= 11 is 1.72. The molecule has 0 fully saturated rings. The first-order valence-corrected chi connectivity index (χ1v) is 8.29. The van der Waals surface area contributed by atoms with Crippen LogP contribution >= 0.6 is 11.3 Å². The second-order valence-electron chi connectivity index (χ2n) is 5.43. The molecule has 5 nitrogen and oxygen atoms in total. The predicted octanol–water partition coefficient (Wildman–Crippen LogP) is 3.82. The van der Waals surface area contributed by atoms with Crippen molar-refractivity contribution in [1.29, 1.82) is 0 Å². The molecule has 0 atom stereocenters. The van der Waals surface area contributed by atoms with Crippen LogP contribution in [0.4, 0.5) is 5.69 Å². The van der Waals surface area contributed by atoms with E-state index < -0.39 is 0 Å². The molecule has 2 heterocycles. The molecule has 120 valence electrons. The number of aromatic amines is 1. The molecule has 0 radical (unpaired) electrons. The number of ether oxygens (including phenoxy) is 1. The SMILES string of the molecule is CC(=O)Nc1c[nH]c2ccc(OCCc3sc(C)nc3C)cc12. The van der Waals surface area contributed by atoms with Gasteiger partial charge in [0.05, 0.1) is 23.0 Å². The van der Waals surface area contributed by atoms with Gasteiger partial charge in [-0.2, -0.15) is 0 Å². The van der Waals surface area contributed by atoms with Crippen LogP contribution < -0.4 is 10.1 Å². The standard InChI is InChI=1S/C17H19N3O2S/c1-10-17(23-12(3)19-10)6-7-22-13-4-5-15-14(8-13)16(9-18-15)20-11(2)21/h4-5,8-9,18H,6-7H2,1-3H3,(H,20,21). The number of anilines is 1. The summed E-state index contributed by atoms with van der Waals surface area (Å²) in [5.41, 5.74) is 2.83. The normalized spacial score (nSPS) is 10.9. The highest BCUT2D eigenvalue weighted by Crippen LogP contribution is 2.27. The summed E-state index contributed by atoms with van der Waals surface area (Å²) in [7, 11) is 0. The van der Waals surface area contributed by atoms with E-state index in [0.29, 0.717) is 6.61 Å². The molecule has 0 bridgehead atoms. The summed E-state index contributed by atoms with van der Waals surface area (Å²) in [6, 6.07) is 5.83. The third kappa shape index (κ3) is 3.53. The molecule has 1 aromatic carbocycles. The lowest BCUT2D eigenvalue weighted by molar-refractivity contribution is -0.114. The Hall–Kier alpha value is -2.34. The highest BCUT2D eigenvalue weighted by Gasteiger charge is 2.08. The fourth-order valence-corrected chi connectivity index (χ4v) is 3.47. The highest BCUT2D eigenvalue weighted by molar-refractivity contribution is 7.11. The zero-order valence-corrected chi connectivity index (χ0v) is 14.2. The van der Waals surface area contributed by atoms with Crippen LogP contribution in [0.2, 0.25) is 0 Å². The van der Waals surface area contributed by atoms with Crippen LogP contribution in [0.15, 0.2) is 24.4 Å². The maximum atomic E-state index is 11.2.